The van der Waals surface area contributed by atoms with Gasteiger partial charge in [0.25, 0.3) is 0 Å². The third-order valence-electron chi connectivity index (χ3n) is 5.42. The van der Waals surface area contributed by atoms with E-state index in [0.717, 1.165) is 30.1 Å². The molecule has 2 aliphatic rings. The molecule has 2 nitrogen and oxygen atoms in total. The molecule has 0 aromatic rings. The van der Waals surface area contributed by atoms with Crippen LogP contribution >= 0.6 is 11.8 Å². The van der Waals surface area contributed by atoms with E-state index in [1.54, 1.807) is 0 Å². The normalized spacial score (nSPS) is 33.9. The lowest BCUT2D eigenvalue weighted by atomic mass is 9.77. The number of hydrogen-bond acceptors (Lipinski definition) is 3. The van der Waals surface area contributed by atoms with Gasteiger partial charge in [-0.2, -0.15) is 11.8 Å². The summed E-state index contributed by atoms with van der Waals surface area (Å²) < 4.78 is 11.6. The molecule has 0 radical (unpaired) electrons. The Bertz CT molecular complexity index is 280. The molecule has 5 unspecified atom stereocenters. The predicted molar refractivity (Wildman–Crippen MR) is 92.0 cm³/mol. The third-order valence-corrected chi connectivity index (χ3v) is 7.01. The molecule has 0 spiro atoms. The molecule has 0 bridgehead atoms. The van der Waals surface area contributed by atoms with Crippen molar-refractivity contribution in [3.8, 4) is 0 Å². The van der Waals surface area contributed by atoms with E-state index in [1.165, 1.54) is 50.7 Å². The van der Waals surface area contributed by atoms with Gasteiger partial charge in [-0.3, -0.25) is 0 Å². The first-order valence-electron chi connectivity index (χ1n) is 9.04. The average Bonchev–Trinajstić information content (AvgIpc) is 2.91. The second kappa shape index (κ2) is 9.42. The molecule has 0 aromatic carbocycles. The van der Waals surface area contributed by atoms with Gasteiger partial charge in [0.2, 0.25) is 0 Å². The van der Waals surface area contributed by atoms with Crippen molar-refractivity contribution in [2.75, 3.05) is 19.5 Å². The average molecular weight is 315 g/mol. The molecule has 5 atom stereocenters. The van der Waals surface area contributed by atoms with E-state index >= 15 is 0 Å². The molecule has 1 saturated heterocycles. The van der Waals surface area contributed by atoms with Crippen LogP contribution in [0.25, 0.3) is 0 Å². The fourth-order valence-corrected chi connectivity index (χ4v) is 5.81. The van der Waals surface area contributed by atoms with Gasteiger partial charge in [-0.1, -0.05) is 20.3 Å². The first kappa shape index (κ1) is 17.6. The van der Waals surface area contributed by atoms with Crippen molar-refractivity contribution in [2.45, 2.75) is 82.7 Å². The Balaban J connectivity index is 1.71. The van der Waals surface area contributed by atoms with Crippen molar-refractivity contribution in [2.24, 2.45) is 11.8 Å². The Morgan fingerprint density at radius 3 is 2.81 bits per heavy atom. The maximum absolute atomic E-state index is 6.07. The van der Waals surface area contributed by atoms with Gasteiger partial charge in [-0.05, 0) is 62.5 Å². The van der Waals surface area contributed by atoms with E-state index in [4.69, 9.17) is 9.47 Å². The lowest BCUT2D eigenvalue weighted by Gasteiger charge is -2.34. The van der Waals surface area contributed by atoms with Crippen LogP contribution in [-0.2, 0) is 9.47 Å². The minimum absolute atomic E-state index is 0.475. The largest absolute Gasteiger partial charge is 0.381 e. The van der Waals surface area contributed by atoms with Gasteiger partial charge in [0, 0.05) is 19.0 Å². The maximum atomic E-state index is 6.07. The maximum Gasteiger partial charge on any atom is 0.0585 e. The summed E-state index contributed by atoms with van der Waals surface area (Å²) in [4.78, 5) is 0. The summed E-state index contributed by atoms with van der Waals surface area (Å²) in [7, 11) is 1.86. The highest BCUT2D eigenvalue weighted by molar-refractivity contribution is 8.00. The van der Waals surface area contributed by atoms with E-state index in [-0.39, 0.29) is 0 Å². The quantitative estimate of drug-likeness (QED) is 0.563. The van der Waals surface area contributed by atoms with E-state index < -0.39 is 0 Å². The van der Waals surface area contributed by atoms with Crippen molar-refractivity contribution in [3.05, 3.63) is 0 Å². The van der Waals surface area contributed by atoms with Gasteiger partial charge in [-0.25, -0.2) is 0 Å². The van der Waals surface area contributed by atoms with E-state index in [1.807, 2.05) is 7.11 Å². The monoisotopic (exact) mass is 314 g/mol. The highest BCUT2D eigenvalue weighted by atomic mass is 32.2. The highest BCUT2D eigenvalue weighted by Gasteiger charge is 2.40. The summed E-state index contributed by atoms with van der Waals surface area (Å²) in [5.41, 5.74) is 0. The SMILES string of the molecule is CCCCOC1CCC2C(CCC(CC)OC)CSC2C1. The Labute approximate surface area is 135 Å². The molecule has 1 heterocycles. The summed E-state index contributed by atoms with van der Waals surface area (Å²) in [6.45, 7) is 5.44. The van der Waals surface area contributed by atoms with Gasteiger partial charge < -0.3 is 9.47 Å². The molecule has 124 valence electrons. The molecule has 0 amide bonds. The molecule has 1 saturated carbocycles. The molecule has 3 heteroatoms. The Hall–Kier alpha value is 0.270. The summed E-state index contributed by atoms with van der Waals surface area (Å²) >= 11 is 2.22. The number of fused-ring (bicyclic) bond motifs is 1. The minimum atomic E-state index is 0.475. The van der Waals surface area contributed by atoms with Crippen molar-refractivity contribution in [1.82, 2.24) is 0 Å². The van der Waals surface area contributed by atoms with Gasteiger partial charge in [0.1, 0.15) is 0 Å². The van der Waals surface area contributed by atoms with Crippen LogP contribution in [0.2, 0.25) is 0 Å². The molecule has 21 heavy (non-hydrogen) atoms. The van der Waals surface area contributed by atoms with Gasteiger partial charge in [0.15, 0.2) is 0 Å². The number of thioether (sulfide) groups is 1. The van der Waals surface area contributed by atoms with Crippen LogP contribution in [0.1, 0.15) is 65.2 Å². The molecule has 1 aliphatic heterocycles. The van der Waals surface area contributed by atoms with Gasteiger partial charge >= 0.3 is 0 Å². The number of rotatable bonds is 9. The first-order chi connectivity index (χ1) is 10.3. The molecule has 0 aromatic heterocycles. The first-order valence-corrected chi connectivity index (χ1v) is 10.1. The highest BCUT2D eigenvalue weighted by Crippen LogP contribution is 2.47. The summed E-state index contributed by atoms with van der Waals surface area (Å²) in [6, 6.07) is 0. The predicted octanol–water partition coefficient (Wildman–Crippen LogP) is 4.91. The summed E-state index contributed by atoms with van der Waals surface area (Å²) in [5.74, 6) is 3.26. The van der Waals surface area contributed by atoms with Crippen molar-refractivity contribution in [1.29, 1.82) is 0 Å². The lowest BCUT2D eigenvalue weighted by Crippen LogP contribution is -2.32. The van der Waals surface area contributed by atoms with Crippen LogP contribution < -0.4 is 0 Å². The van der Waals surface area contributed by atoms with Crippen molar-refractivity contribution >= 4 is 11.8 Å². The summed E-state index contributed by atoms with van der Waals surface area (Å²) in [6.07, 6.45) is 11.2. The second-order valence-electron chi connectivity index (χ2n) is 6.80. The number of ether oxygens (including phenoxy) is 2. The lowest BCUT2D eigenvalue weighted by molar-refractivity contribution is 0.0140. The third kappa shape index (κ3) is 5.14. The van der Waals surface area contributed by atoms with E-state index in [2.05, 4.69) is 25.6 Å². The zero-order valence-electron chi connectivity index (χ0n) is 14.2. The summed E-state index contributed by atoms with van der Waals surface area (Å²) in [5, 5.41) is 0.873. The number of methoxy groups -OCH3 is 1. The minimum Gasteiger partial charge on any atom is -0.381 e. The Kier molecular flexibility index (Phi) is 7.90. The molecular formula is C18H34O2S. The molecule has 2 rings (SSSR count). The fraction of sp³-hybridized carbons (Fsp3) is 1.00. The van der Waals surface area contributed by atoms with Crippen molar-refractivity contribution < 1.29 is 9.47 Å². The zero-order chi connectivity index (χ0) is 15.1. The standard InChI is InChI=1S/C18H34O2S/c1-4-6-11-20-16-9-10-17-14(13-21-18(17)12-16)7-8-15(5-2)19-3/h14-18H,4-13H2,1-3H3. The zero-order valence-corrected chi connectivity index (χ0v) is 15.0. The van der Waals surface area contributed by atoms with Crippen molar-refractivity contribution in [3.63, 3.8) is 0 Å². The van der Waals surface area contributed by atoms with Crippen LogP contribution in [-0.4, -0.2) is 36.9 Å². The van der Waals surface area contributed by atoms with Crippen LogP contribution in [0.5, 0.6) is 0 Å². The fourth-order valence-electron chi connectivity index (χ4n) is 3.95. The Morgan fingerprint density at radius 1 is 1.24 bits per heavy atom. The van der Waals surface area contributed by atoms with Crippen LogP contribution in [0.3, 0.4) is 0 Å². The van der Waals surface area contributed by atoms with Crippen LogP contribution in [0.15, 0.2) is 0 Å². The topological polar surface area (TPSA) is 18.5 Å². The molecule has 0 N–H and O–H groups in total. The van der Waals surface area contributed by atoms with E-state index in [0.29, 0.717) is 12.2 Å². The number of unbranched alkanes of at least 4 members (excludes halogenated alkanes) is 1. The van der Waals surface area contributed by atoms with Gasteiger partial charge in [-0.15, -0.1) is 0 Å². The molecule has 2 fully saturated rings. The van der Waals surface area contributed by atoms with Crippen LogP contribution in [0.4, 0.5) is 0 Å². The van der Waals surface area contributed by atoms with E-state index in [9.17, 15) is 0 Å². The van der Waals surface area contributed by atoms with Crippen LogP contribution in [0, 0.1) is 11.8 Å². The Morgan fingerprint density at radius 2 is 2.10 bits per heavy atom. The molecular weight excluding hydrogens is 280 g/mol. The second-order valence-corrected chi connectivity index (χ2v) is 8.07. The van der Waals surface area contributed by atoms with Gasteiger partial charge in [0.05, 0.1) is 12.2 Å². The smallest absolute Gasteiger partial charge is 0.0585 e. The number of hydrogen-bond donors (Lipinski definition) is 0. The molecule has 1 aliphatic carbocycles.